The molecule has 222 valence electrons. The van der Waals surface area contributed by atoms with Gasteiger partial charge in [0.25, 0.3) is 0 Å². The highest BCUT2D eigenvalue weighted by Gasteiger charge is 2.20. The molecule has 0 fully saturated rings. The Morgan fingerprint density at radius 2 is 0.896 bits per heavy atom. The molecular weight excluding hydrogens is 585 g/mol. The van der Waals surface area contributed by atoms with E-state index in [9.17, 15) is 10.5 Å². The molecule has 0 aliphatic heterocycles. The lowest BCUT2D eigenvalue weighted by Gasteiger charge is -2.17. The molecule has 0 saturated heterocycles. The van der Waals surface area contributed by atoms with Crippen molar-refractivity contribution in [3.63, 3.8) is 0 Å². The molecule has 0 saturated carbocycles. The van der Waals surface area contributed by atoms with Crippen molar-refractivity contribution in [3.8, 4) is 45.8 Å². The van der Waals surface area contributed by atoms with E-state index in [0.717, 1.165) is 66.5 Å². The third-order valence-corrected chi connectivity index (χ3v) is 9.38. The molecule has 48 heavy (non-hydrogen) atoms. The van der Waals surface area contributed by atoms with Crippen LogP contribution in [-0.4, -0.2) is 9.13 Å². The number of aromatic nitrogens is 2. The molecule has 0 N–H and O–H groups in total. The number of benzene rings is 7. The molecule has 0 unspecified atom stereocenters. The maximum absolute atomic E-state index is 10.8. The van der Waals surface area contributed by atoms with Crippen molar-refractivity contribution in [3.05, 3.63) is 169 Å². The van der Waals surface area contributed by atoms with Gasteiger partial charge in [0.15, 0.2) is 0 Å². The number of hydrogen-bond donors (Lipinski definition) is 0. The maximum Gasteiger partial charge on any atom is 0.100 e. The summed E-state index contributed by atoms with van der Waals surface area (Å²) in [4.78, 5) is 0. The molecule has 0 bridgehead atoms. The van der Waals surface area contributed by atoms with E-state index in [-0.39, 0.29) is 0 Å². The van der Waals surface area contributed by atoms with E-state index in [1.165, 1.54) is 10.8 Å². The number of fused-ring (bicyclic) bond motifs is 6. The highest BCUT2D eigenvalue weighted by atomic mass is 15.0. The Morgan fingerprint density at radius 3 is 1.52 bits per heavy atom. The van der Waals surface area contributed by atoms with Gasteiger partial charge in [0.05, 0.1) is 39.3 Å². The number of rotatable bonds is 4. The predicted octanol–water partition coefficient (Wildman–Crippen LogP) is 11.0. The monoisotopic (exact) mass is 610 g/mol. The Labute approximate surface area is 277 Å². The van der Waals surface area contributed by atoms with E-state index in [2.05, 4.69) is 130 Å². The zero-order chi connectivity index (χ0) is 32.2. The number of hydrogen-bond acceptors (Lipinski definition) is 2. The van der Waals surface area contributed by atoms with Gasteiger partial charge in [-0.2, -0.15) is 10.5 Å². The average molecular weight is 611 g/mol. The molecule has 4 nitrogen and oxygen atoms in total. The smallest absolute Gasteiger partial charge is 0.100 e. The van der Waals surface area contributed by atoms with Crippen LogP contribution in [0.5, 0.6) is 0 Å². The van der Waals surface area contributed by atoms with Crippen LogP contribution in [0, 0.1) is 22.7 Å². The summed E-state index contributed by atoms with van der Waals surface area (Å²) >= 11 is 0. The highest BCUT2D eigenvalue weighted by Crippen LogP contribution is 2.40. The van der Waals surface area contributed by atoms with Gasteiger partial charge in [-0.05, 0) is 71.8 Å². The first-order chi connectivity index (χ1) is 23.7. The van der Waals surface area contributed by atoms with Crippen LogP contribution in [0.25, 0.3) is 77.2 Å². The molecular formula is C44H26N4. The second kappa shape index (κ2) is 10.9. The Hall–Kier alpha value is -6.88. The second-order valence-electron chi connectivity index (χ2n) is 12.0. The summed E-state index contributed by atoms with van der Waals surface area (Å²) in [5.74, 6) is 0. The van der Waals surface area contributed by atoms with Crippen molar-refractivity contribution < 1.29 is 0 Å². The minimum absolute atomic E-state index is 0.622. The molecule has 0 aliphatic carbocycles. The number of nitriles is 2. The third kappa shape index (κ3) is 4.14. The van der Waals surface area contributed by atoms with Crippen LogP contribution in [0.15, 0.2) is 158 Å². The van der Waals surface area contributed by atoms with Crippen LogP contribution in [0.4, 0.5) is 0 Å². The van der Waals surface area contributed by atoms with Gasteiger partial charge in [-0.3, -0.25) is 0 Å². The first-order valence-electron chi connectivity index (χ1n) is 15.9. The van der Waals surface area contributed by atoms with Gasteiger partial charge in [-0.25, -0.2) is 0 Å². The first kappa shape index (κ1) is 27.4. The lowest BCUT2D eigenvalue weighted by molar-refractivity contribution is 1.17. The van der Waals surface area contributed by atoms with Crippen molar-refractivity contribution in [1.29, 1.82) is 10.5 Å². The minimum atomic E-state index is 0.622. The molecule has 0 atom stereocenters. The van der Waals surface area contributed by atoms with Crippen molar-refractivity contribution in [2.75, 3.05) is 0 Å². The molecule has 0 radical (unpaired) electrons. The summed E-state index contributed by atoms with van der Waals surface area (Å²) in [6.07, 6.45) is 0. The van der Waals surface area contributed by atoms with Crippen LogP contribution in [0.2, 0.25) is 0 Å². The highest BCUT2D eigenvalue weighted by molar-refractivity contribution is 6.10. The summed E-state index contributed by atoms with van der Waals surface area (Å²) < 4.78 is 4.56. The zero-order valence-corrected chi connectivity index (χ0v) is 25.8. The van der Waals surface area contributed by atoms with E-state index >= 15 is 0 Å². The van der Waals surface area contributed by atoms with Gasteiger partial charge in [-0.1, -0.05) is 97.1 Å². The van der Waals surface area contributed by atoms with Gasteiger partial charge in [-0.15, -0.1) is 0 Å². The van der Waals surface area contributed by atoms with Crippen molar-refractivity contribution in [2.24, 2.45) is 0 Å². The van der Waals surface area contributed by atoms with E-state index in [0.29, 0.717) is 11.1 Å². The van der Waals surface area contributed by atoms with E-state index in [4.69, 9.17) is 0 Å². The largest absolute Gasteiger partial charge is 0.309 e. The molecule has 0 spiro atoms. The standard InChI is InChI=1S/C44H26N4/c45-27-29-21-22-44-39(23-29)36-17-6-9-20-43(36)48(44)33-25-37(30-11-2-1-3-12-30)40(28-46)38(26-33)31-13-10-14-32(24-31)47-41-18-7-4-15-34(41)35-16-5-8-19-42(35)47/h1-26H. The first-order valence-corrected chi connectivity index (χ1v) is 15.9. The van der Waals surface area contributed by atoms with Gasteiger partial charge in [0, 0.05) is 44.0 Å². The summed E-state index contributed by atoms with van der Waals surface area (Å²) in [6.45, 7) is 0. The van der Waals surface area contributed by atoms with Crippen LogP contribution >= 0.6 is 0 Å². The Kier molecular flexibility index (Phi) is 6.22. The lowest BCUT2D eigenvalue weighted by Crippen LogP contribution is -2.00. The summed E-state index contributed by atoms with van der Waals surface area (Å²) in [5, 5.41) is 25.0. The fourth-order valence-corrected chi connectivity index (χ4v) is 7.28. The Morgan fingerprint density at radius 1 is 0.375 bits per heavy atom. The van der Waals surface area contributed by atoms with Gasteiger partial charge < -0.3 is 9.13 Å². The summed E-state index contributed by atoms with van der Waals surface area (Å²) in [6, 6.07) is 58.9. The van der Waals surface area contributed by atoms with Crippen molar-refractivity contribution in [2.45, 2.75) is 0 Å². The number of nitrogens with zero attached hydrogens (tertiary/aromatic N) is 4. The molecule has 7 aromatic carbocycles. The average Bonchev–Trinajstić information content (AvgIpc) is 3.67. The minimum Gasteiger partial charge on any atom is -0.309 e. The molecule has 9 rings (SSSR count). The molecule has 0 amide bonds. The predicted molar refractivity (Wildman–Crippen MR) is 195 cm³/mol. The van der Waals surface area contributed by atoms with Crippen molar-refractivity contribution >= 4 is 43.6 Å². The number of para-hydroxylation sites is 3. The van der Waals surface area contributed by atoms with E-state index in [1.807, 2.05) is 48.5 Å². The molecule has 0 aliphatic rings. The van der Waals surface area contributed by atoms with Crippen LogP contribution in [-0.2, 0) is 0 Å². The van der Waals surface area contributed by atoms with Gasteiger partial charge >= 0.3 is 0 Å². The maximum atomic E-state index is 10.8. The molecule has 9 aromatic rings. The normalized spacial score (nSPS) is 11.3. The molecule has 4 heteroatoms. The zero-order valence-electron chi connectivity index (χ0n) is 25.8. The van der Waals surface area contributed by atoms with Crippen LogP contribution < -0.4 is 0 Å². The molecule has 2 aromatic heterocycles. The van der Waals surface area contributed by atoms with E-state index in [1.54, 1.807) is 0 Å². The SMILES string of the molecule is N#Cc1ccc2c(c1)c1ccccc1n2-c1cc(-c2ccccc2)c(C#N)c(-c2cccc(-n3c4ccccc4c4ccccc43)c2)c1. The summed E-state index contributed by atoms with van der Waals surface area (Å²) in [5.41, 5.74) is 11.2. The fraction of sp³-hybridized carbons (Fsp3) is 0. The van der Waals surface area contributed by atoms with Crippen molar-refractivity contribution in [1.82, 2.24) is 9.13 Å². The topological polar surface area (TPSA) is 57.4 Å². The van der Waals surface area contributed by atoms with E-state index < -0.39 is 0 Å². The summed E-state index contributed by atoms with van der Waals surface area (Å²) in [7, 11) is 0. The van der Waals surface area contributed by atoms with Crippen LogP contribution in [0.1, 0.15) is 11.1 Å². The fourth-order valence-electron chi connectivity index (χ4n) is 7.28. The quantitative estimate of drug-likeness (QED) is 0.199. The third-order valence-electron chi connectivity index (χ3n) is 9.38. The lowest BCUT2D eigenvalue weighted by atomic mass is 9.91. The van der Waals surface area contributed by atoms with Gasteiger partial charge in [0.2, 0.25) is 0 Å². The Bertz CT molecular complexity index is 2750. The van der Waals surface area contributed by atoms with Gasteiger partial charge in [0.1, 0.15) is 6.07 Å². The Balaban J connectivity index is 1.35. The second-order valence-corrected chi connectivity index (χ2v) is 12.0. The van der Waals surface area contributed by atoms with Crippen LogP contribution in [0.3, 0.4) is 0 Å². The molecule has 2 heterocycles.